The molecule has 6 heteroatoms. The van der Waals surface area contributed by atoms with E-state index in [1.807, 2.05) is 49.4 Å². The highest BCUT2D eigenvalue weighted by Crippen LogP contribution is 2.25. The summed E-state index contributed by atoms with van der Waals surface area (Å²) in [5, 5.41) is 13.8. The van der Waals surface area contributed by atoms with Gasteiger partial charge >= 0.3 is 0 Å². The van der Waals surface area contributed by atoms with Gasteiger partial charge in [-0.3, -0.25) is 4.79 Å². The van der Waals surface area contributed by atoms with Crippen molar-refractivity contribution >= 4 is 50.1 Å². The van der Waals surface area contributed by atoms with E-state index in [0.717, 1.165) is 31.5 Å². The van der Waals surface area contributed by atoms with Gasteiger partial charge in [-0.2, -0.15) is 5.10 Å². The number of hydrogen-bond donors (Lipinski definition) is 1. The predicted octanol–water partition coefficient (Wildman–Crippen LogP) is 4.43. The van der Waals surface area contributed by atoms with E-state index in [9.17, 15) is 4.79 Å². The number of thioether (sulfide) groups is 1. The lowest BCUT2D eigenvalue weighted by atomic mass is 10.2. The molecule has 0 fully saturated rings. The van der Waals surface area contributed by atoms with E-state index in [4.69, 9.17) is 0 Å². The van der Waals surface area contributed by atoms with Gasteiger partial charge < -0.3 is 5.32 Å². The first kappa shape index (κ1) is 16.0. The zero-order valence-electron chi connectivity index (χ0n) is 12.4. The van der Waals surface area contributed by atoms with Crippen LogP contribution in [0, 0.1) is 6.92 Å². The number of aryl methyl sites for hydroxylation is 1. The number of nitrogens with one attached hydrogen (secondary N) is 1. The maximum Gasteiger partial charge on any atom is 0.234 e. The minimum Gasteiger partial charge on any atom is -0.325 e. The Hall–Kier alpha value is -1.92. The fourth-order valence-electron chi connectivity index (χ4n) is 2.16. The molecule has 0 spiro atoms. The van der Waals surface area contributed by atoms with Gasteiger partial charge in [0.1, 0.15) is 5.03 Å². The number of fused-ring (bicyclic) bond motifs is 1. The Kier molecular flexibility index (Phi) is 4.93. The number of carbonyl (C=O) groups is 1. The molecule has 1 N–H and O–H groups in total. The zero-order valence-corrected chi connectivity index (χ0v) is 14.8. The summed E-state index contributed by atoms with van der Waals surface area (Å²) in [6.07, 6.45) is 1.73. The van der Waals surface area contributed by atoms with Crippen LogP contribution in [0.3, 0.4) is 0 Å². The van der Waals surface area contributed by atoms with E-state index >= 15 is 0 Å². The summed E-state index contributed by atoms with van der Waals surface area (Å²) >= 11 is 4.84. The maximum atomic E-state index is 12.1. The van der Waals surface area contributed by atoms with Gasteiger partial charge in [0.05, 0.1) is 11.9 Å². The second-order valence-corrected chi connectivity index (χ2v) is 6.86. The third kappa shape index (κ3) is 3.89. The van der Waals surface area contributed by atoms with Crippen LogP contribution in [0.25, 0.3) is 10.8 Å². The lowest BCUT2D eigenvalue weighted by Gasteiger charge is -2.07. The van der Waals surface area contributed by atoms with Crippen molar-refractivity contribution in [1.82, 2.24) is 10.2 Å². The predicted molar refractivity (Wildman–Crippen MR) is 97.8 cm³/mol. The number of carbonyl (C=O) groups excluding carboxylic acids is 1. The number of hydrogen-bond acceptors (Lipinski definition) is 4. The Morgan fingerprint density at radius 1 is 1.26 bits per heavy atom. The molecule has 3 rings (SSSR count). The normalized spacial score (nSPS) is 10.7. The molecule has 0 aliphatic carbocycles. The smallest absolute Gasteiger partial charge is 0.234 e. The van der Waals surface area contributed by atoms with E-state index in [1.165, 1.54) is 11.8 Å². The molecule has 116 valence electrons. The van der Waals surface area contributed by atoms with Crippen LogP contribution >= 0.6 is 27.7 Å². The summed E-state index contributed by atoms with van der Waals surface area (Å²) in [6, 6.07) is 13.6. The second kappa shape index (κ2) is 7.10. The monoisotopic (exact) mass is 387 g/mol. The molecule has 0 saturated heterocycles. The number of anilines is 1. The van der Waals surface area contributed by atoms with Crippen molar-refractivity contribution in [3.05, 3.63) is 58.7 Å². The van der Waals surface area contributed by atoms with Crippen molar-refractivity contribution in [3.8, 4) is 0 Å². The molecular weight excluding hydrogens is 374 g/mol. The molecule has 2 aromatic carbocycles. The molecule has 0 atom stereocenters. The average Bonchev–Trinajstić information content (AvgIpc) is 2.56. The van der Waals surface area contributed by atoms with Gasteiger partial charge in [0, 0.05) is 20.9 Å². The fraction of sp³-hybridized carbons (Fsp3) is 0.118. The number of amides is 1. The summed E-state index contributed by atoms with van der Waals surface area (Å²) in [7, 11) is 0. The van der Waals surface area contributed by atoms with Crippen molar-refractivity contribution in [2.45, 2.75) is 11.9 Å². The van der Waals surface area contributed by atoms with Gasteiger partial charge in [0.2, 0.25) is 5.91 Å². The molecule has 0 bridgehead atoms. The Bertz CT molecular complexity index is 864. The van der Waals surface area contributed by atoms with Gasteiger partial charge in [-0.25, -0.2) is 0 Å². The minimum absolute atomic E-state index is 0.0635. The van der Waals surface area contributed by atoms with Crippen LogP contribution in [0.2, 0.25) is 0 Å². The first-order valence-corrected chi connectivity index (χ1v) is 8.80. The Balaban J connectivity index is 1.67. The summed E-state index contributed by atoms with van der Waals surface area (Å²) < 4.78 is 1.02. The molecule has 0 unspecified atom stereocenters. The average molecular weight is 388 g/mol. The van der Waals surface area contributed by atoms with Crippen molar-refractivity contribution in [2.75, 3.05) is 11.1 Å². The van der Waals surface area contributed by atoms with Crippen LogP contribution in [0.1, 0.15) is 5.56 Å². The molecule has 4 nitrogen and oxygen atoms in total. The number of halogens is 1. The minimum atomic E-state index is -0.0635. The van der Waals surface area contributed by atoms with Crippen LogP contribution in [0.5, 0.6) is 0 Å². The van der Waals surface area contributed by atoms with Gasteiger partial charge in [0.15, 0.2) is 0 Å². The standard InChI is InChI=1S/C17H14BrN3OS/c1-11-8-13(6-7-15(11)18)20-16(22)10-23-17-14-5-3-2-4-12(14)9-19-21-17/h2-9H,10H2,1H3,(H,20,22). The van der Waals surface area contributed by atoms with Gasteiger partial charge in [-0.1, -0.05) is 52.0 Å². The highest BCUT2D eigenvalue weighted by Gasteiger charge is 2.08. The third-order valence-corrected chi connectivity index (χ3v) is 5.19. The van der Waals surface area contributed by atoms with Gasteiger partial charge in [-0.15, -0.1) is 5.10 Å². The maximum absolute atomic E-state index is 12.1. The molecule has 0 aliphatic heterocycles. The van der Waals surface area contributed by atoms with E-state index in [-0.39, 0.29) is 11.7 Å². The topological polar surface area (TPSA) is 54.9 Å². The number of benzene rings is 2. The summed E-state index contributed by atoms with van der Waals surface area (Å²) in [5.41, 5.74) is 1.87. The van der Waals surface area contributed by atoms with Crippen LogP contribution < -0.4 is 5.32 Å². The van der Waals surface area contributed by atoms with Crippen molar-refractivity contribution in [2.24, 2.45) is 0 Å². The molecule has 0 radical (unpaired) electrons. The van der Waals surface area contributed by atoms with E-state index in [1.54, 1.807) is 6.20 Å². The highest BCUT2D eigenvalue weighted by atomic mass is 79.9. The second-order valence-electron chi connectivity index (χ2n) is 5.04. The van der Waals surface area contributed by atoms with Gasteiger partial charge in [-0.05, 0) is 30.7 Å². The van der Waals surface area contributed by atoms with Crippen molar-refractivity contribution in [3.63, 3.8) is 0 Å². The number of rotatable bonds is 4. The Morgan fingerprint density at radius 2 is 2.09 bits per heavy atom. The molecular formula is C17H14BrN3OS. The van der Waals surface area contributed by atoms with Crippen LogP contribution in [0.15, 0.2) is 58.2 Å². The molecule has 1 heterocycles. The first-order valence-electron chi connectivity index (χ1n) is 7.03. The summed E-state index contributed by atoms with van der Waals surface area (Å²) in [6.45, 7) is 1.99. The van der Waals surface area contributed by atoms with Crippen LogP contribution in [-0.4, -0.2) is 21.9 Å². The van der Waals surface area contributed by atoms with Crippen LogP contribution in [0.4, 0.5) is 5.69 Å². The number of aromatic nitrogens is 2. The van der Waals surface area contributed by atoms with E-state index < -0.39 is 0 Å². The quantitative estimate of drug-likeness (QED) is 0.672. The Morgan fingerprint density at radius 3 is 2.91 bits per heavy atom. The largest absolute Gasteiger partial charge is 0.325 e. The molecule has 3 aromatic rings. The van der Waals surface area contributed by atoms with Crippen LogP contribution in [-0.2, 0) is 4.79 Å². The lowest BCUT2D eigenvalue weighted by molar-refractivity contribution is -0.113. The van der Waals surface area contributed by atoms with E-state index in [0.29, 0.717) is 0 Å². The molecule has 1 amide bonds. The van der Waals surface area contributed by atoms with E-state index in [2.05, 4.69) is 31.4 Å². The van der Waals surface area contributed by atoms with Gasteiger partial charge in [0.25, 0.3) is 0 Å². The molecule has 0 aliphatic rings. The molecule has 1 aromatic heterocycles. The third-order valence-electron chi connectivity index (χ3n) is 3.32. The Labute approximate surface area is 146 Å². The molecule has 23 heavy (non-hydrogen) atoms. The van der Waals surface area contributed by atoms with Crippen molar-refractivity contribution < 1.29 is 4.79 Å². The molecule has 0 saturated carbocycles. The summed E-state index contributed by atoms with van der Waals surface area (Å²) in [5.74, 6) is 0.226. The number of nitrogens with zero attached hydrogens (tertiary/aromatic N) is 2. The fourth-order valence-corrected chi connectivity index (χ4v) is 3.19. The lowest BCUT2D eigenvalue weighted by Crippen LogP contribution is -2.14. The summed E-state index contributed by atoms with van der Waals surface area (Å²) in [4.78, 5) is 12.1. The first-order chi connectivity index (χ1) is 11.1. The zero-order chi connectivity index (χ0) is 16.2. The highest BCUT2D eigenvalue weighted by molar-refractivity contribution is 9.10. The van der Waals surface area contributed by atoms with Crippen molar-refractivity contribution in [1.29, 1.82) is 0 Å². The SMILES string of the molecule is Cc1cc(NC(=O)CSc2nncc3ccccc23)ccc1Br.